The quantitative estimate of drug-likeness (QED) is 0.108. The van der Waals surface area contributed by atoms with E-state index in [0.717, 1.165) is 75.5 Å². The molecule has 8 rings (SSSR count). The summed E-state index contributed by atoms with van der Waals surface area (Å²) < 4.78 is 40.5. The van der Waals surface area contributed by atoms with E-state index in [1.54, 1.807) is 37.5 Å². The van der Waals surface area contributed by atoms with Crippen LogP contribution in [-0.4, -0.2) is 77.8 Å². The maximum Gasteiger partial charge on any atom is 0.234 e. The number of imide groups is 1. The average molecular weight is 852 g/mol. The summed E-state index contributed by atoms with van der Waals surface area (Å²) >= 11 is 1.38. The Kier molecular flexibility index (Phi) is 12.3. The molecule has 5 aromatic rings. The van der Waals surface area contributed by atoms with E-state index in [-0.39, 0.29) is 35.3 Å². The minimum Gasteiger partial charge on any atom is -0.357 e. The van der Waals surface area contributed by atoms with Crippen LogP contribution in [0.4, 0.5) is 21.8 Å². The molecule has 0 aliphatic carbocycles. The van der Waals surface area contributed by atoms with Crippen LogP contribution in [0.15, 0.2) is 73.1 Å². The standard InChI is InChI=1S/C44H50FN9O4S2/c1-3-37(60(46,57)58)34-5-4-6-35(40(34)45)41-42(59-27(2)49-41)36-15-20-47-44(51-36)50-32-10-7-29(8-11-32)30-18-21-53(22-19-30)26-28-16-23-54(24-17-28)38-13-9-31(25-48-38)33-12-14-39(55)52-43(33)56/h4-11,13,15,20,25,28,30,33,37H,3,12,14,16-19,21-24,26H2,1-2H3,(H2,46,57,58)(H,47,50,51)(H,52,55,56). The van der Waals surface area contributed by atoms with Gasteiger partial charge in [0, 0.05) is 55.3 Å². The second-order valence-corrected chi connectivity index (χ2v) is 19.0. The number of thiazole rings is 1. The highest BCUT2D eigenvalue weighted by atomic mass is 32.2. The van der Waals surface area contributed by atoms with Crippen molar-refractivity contribution in [3.8, 4) is 21.8 Å². The van der Waals surface area contributed by atoms with Crippen molar-refractivity contribution in [2.75, 3.05) is 42.9 Å². The number of benzene rings is 2. The van der Waals surface area contributed by atoms with Gasteiger partial charge in [0.15, 0.2) is 0 Å². The molecule has 2 aromatic carbocycles. The number of piperidine rings is 3. The van der Waals surface area contributed by atoms with Gasteiger partial charge >= 0.3 is 0 Å². The lowest BCUT2D eigenvalue weighted by molar-refractivity contribution is -0.134. The third kappa shape index (κ3) is 9.26. The molecule has 13 nitrogen and oxygen atoms in total. The van der Waals surface area contributed by atoms with E-state index in [1.807, 2.05) is 19.1 Å². The van der Waals surface area contributed by atoms with E-state index in [4.69, 9.17) is 15.1 Å². The molecule has 2 unspecified atom stereocenters. The first-order chi connectivity index (χ1) is 28.9. The van der Waals surface area contributed by atoms with Gasteiger partial charge in [-0.1, -0.05) is 37.3 Å². The Morgan fingerprint density at radius 1 is 0.933 bits per heavy atom. The summed E-state index contributed by atoms with van der Waals surface area (Å²) in [4.78, 5) is 48.0. The molecule has 0 saturated carbocycles. The summed E-state index contributed by atoms with van der Waals surface area (Å²) in [6.45, 7) is 8.70. The van der Waals surface area contributed by atoms with Gasteiger partial charge in [-0.15, -0.1) is 11.3 Å². The van der Waals surface area contributed by atoms with Crippen molar-refractivity contribution < 1.29 is 22.4 Å². The van der Waals surface area contributed by atoms with Gasteiger partial charge in [-0.25, -0.2) is 37.9 Å². The maximum atomic E-state index is 16.0. The van der Waals surface area contributed by atoms with E-state index >= 15 is 4.39 Å². The predicted octanol–water partition coefficient (Wildman–Crippen LogP) is 7.21. The summed E-state index contributed by atoms with van der Waals surface area (Å²) in [7, 11) is -4.01. The molecule has 0 radical (unpaired) electrons. The van der Waals surface area contributed by atoms with Crippen molar-refractivity contribution in [3.63, 3.8) is 0 Å². The average Bonchev–Trinajstić information content (AvgIpc) is 3.63. The second-order valence-electron chi connectivity index (χ2n) is 16.1. The number of nitrogens with zero attached hydrogens (tertiary/aromatic N) is 6. The molecule has 16 heteroatoms. The maximum absolute atomic E-state index is 16.0. The van der Waals surface area contributed by atoms with Crippen molar-refractivity contribution in [2.45, 2.75) is 75.9 Å². The Bertz CT molecular complexity index is 2450. The van der Waals surface area contributed by atoms with Crippen molar-refractivity contribution >= 4 is 50.6 Å². The summed E-state index contributed by atoms with van der Waals surface area (Å²) in [6, 6.07) is 18.9. The second kappa shape index (κ2) is 17.8. The van der Waals surface area contributed by atoms with Gasteiger partial charge < -0.3 is 15.1 Å². The van der Waals surface area contributed by atoms with Crippen molar-refractivity contribution in [1.82, 2.24) is 30.2 Å². The lowest BCUT2D eigenvalue weighted by Gasteiger charge is -2.38. The van der Waals surface area contributed by atoms with Crippen LogP contribution in [0.1, 0.15) is 90.7 Å². The van der Waals surface area contributed by atoms with Crippen molar-refractivity contribution in [3.05, 3.63) is 101 Å². The number of sulfonamides is 1. The number of amides is 2. The first kappa shape index (κ1) is 41.6. The van der Waals surface area contributed by atoms with Gasteiger partial charge in [-0.05, 0) is 112 Å². The van der Waals surface area contributed by atoms with Crippen molar-refractivity contribution in [1.29, 1.82) is 0 Å². The number of pyridine rings is 1. The van der Waals surface area contributed by atoms with E-state index in [2.05, 4.69) is 54.7 Å². The van der Waals surface area contributed by atoms with Crippen LogP contribution in [0, 0.1) is 18.7 Å². The minimum atomic E-state index is -4.01. The largest absolute Gasteiger partial charge is 0.357 e. The number of likely N-dealkylation sites (tertiary alicyclic amines) is 1. The van der Waals surface area contributed by atoms with Gasteiger partial charge in [0.25, 0.3) is 0 Å². The number of nitrogens with one attached hydrogen (secondary N) is 2. The fraction of sp³-hybridized carbons (Fsp3) is 0.409. The van der Waals surface area contributed by atoms with Crippen LogP contribution in [0.3, 0.4) is 0 Å². The molecule has 3 aliphatic heterocycles. The zero-order valence-electron chi connectivity index (χ0n) is 33.8. The zero-order chi connectivity index (χ0) is 42.0. The lowest BCUT2D eigenvalue weighted by atomic mass is 9.88. The fourth-order valence-electron chi connectivity index (χ4n) is 8.87. The molecule has 3 aliphatic rings. The Balaban J connectivity index is 0.832. The number of rotatable bonds is 12. The molecule has 60 heavy (non-hydrogen) atoms. The summed E-state index contributed by atoms with van der Waals surface area (Å²) in [6.07, 6.45) is 8.95. The monoisotopic (exact) mass is 851 g/mol. The number of hydrogen-bond donors (Lipinski definition) is 3. The number of primary sulfonamides is 1. The number of halogens is 1. The Morgan fingerprint density at radius 2 is 1.68 bits per heavy atom. The molecule has 2 atom stereocenters. The summed E-state index contributed by atoms with van der Waals surface area (Å²) in [5.41, 5.74) is 4.21. The van der Waals surface area contributed by atoms with Gasteiger partial charge in [-0.2, -0.15) is 0 Å². The highest BCUT2D eigenvalue weighted by Crippen LogP contribution is 2.40. The van der Waals surface area contributed by atoms with Crippen LogP contribution in [-0.2, 0) is 19.6 Å². The first-order valence-corrected chi connectivity index (χ1v) is 23.1. The number of hydrogen-bond acceptors (Lipinski definition) is 12. The van der Waals surface area contributed by atoms with Crippen LogP contribution >= 0.6 is 11.3 Å². The number of nitrogens with two attached hydrogens (primary N) is 1. The van der Waals surface area contributed by atoms with Gasteiger partial charge in [0.2, 0.25) is 27.8 Å². The Labute approximate surface area is 354 Å². The van der Waals surface area contributed by atoms with E-state index in [0.29, 0.717) is 51.9 Å². The molecular weight excluding hydrogens is 802 g/mol. The molecule has 3 saturated heterocycles. The highest BCUT2D eigenvalue weighted by Gasteiger charge is 2.31. The van der Waals surface area contributed by atoms with E-state index in [9.17, 15) is 18.0 Å². The third-order valence-electron chi connectivity index (χ3n) is 12.1. The van der Waals surface area contributed by atoms with Crippen LogP contribution in [0.5, 0.6) is 0 Å². The summed E-state index contributed by atoms with van der Waals surface area (Å²) in [5, 5.41) is 10.8. The lowest BCUT2D eigenvalue weighted by Crippen LogP contribution is -2.41. The normalized spacial score (nSPS) is 19.0. The number of carbonyl (C=O) groups is 2. The molecule has 3 fully saturated rings. The van der Waals surface area contributed by atoms with Gasteiger partial charge in [0.05, 0.1) is 27.2 Å². The smallest absolute Gasteiger partial charge is 0.234 e. The van der Waals surface area contributed by atoms with Gasteiger partial charge in [-0.3, -0.25) is 14.9 Å². The van der Waals surface area contributed by atoms with E-state index < -0.39 is 21.1 Å². The molecule has 0 bridgehead atoms. The fourth-order valence-corrected chi connectivity index (χ4v) is 10.8. The van der Waals surface area contributed by atoms with Crippen molar-refractivity contribution in [2.24, 2.45) is 11.1 Å². The Hall–Kier alpha value is -5.16. The molecule has 0 spiro atoms. The van der Waals surface area contributed by atoms with E-state index in [1.165, 1.54) is 23.0 Å². The molecule has 4 N–H and O–H groups in total. The van der Waals surface area contributed by atoms with Crippen LogP contribution in [0.2, 0.25) is 0 Å². The first-order valence-electron chi connectivity index (χ1n) is 20.7. The van der Waals surface area contributed by atoms with Crippen LogP contribution in [0.25, 0.3) is 21.8 Å². The summed E-state index contributed by atoms with van der Waals surface area (Å²) in [5.74, 6) is 1.08. The van der Waals surface area contributed by atoms with Crippen LogP contribution < -0.4 is 20.7 Å². The topological polar surface area (TPSA) is 176 Å². The molecule has 314 valence electrons. The number of aromatic nitrogens is 4. The molecular formula is C44H50FN9O4S2. The predicted molar refractivity (Wildman–Crippen MR) is 232 cm³/mol. The molecule has 3 aromatic heterocycles. The van der Waals surface area contributed by atoms with Gasteiger partial charge in [0.1, 0.15) is 16.9 Å². The SMILES string of the molecule is CCC(c1cccc(-c2nc(C)sc2-c2ccnc(Nc3ccc(C4CCN(CC5CCN(c6ccc(C7CCC(=O)NC7=O)cn6)CC5)CC4)cc3)n2)c1F)S(N)(=O)=O. The zero-order valence-corrected chi connectivity index (χ0v) is 35.4. The number of anilines is 3. The third-order valence-corrected chi connectivity index (χ3v) is 14.5. The molecule has 2 amide bonds. The highest BCUT2D eigenvalue weighted by molar-refractivity contribution is 7.89. The minimum absolute atomic E-state index is 0.0224. The Morgan fingerprint density at radius 3 is 2.37 bits per heavy atom. The number of aryl methyl sites for hydroxylation is 1. The molecule has 6 heterocycles. The number of carbonyl (C=O) groups excluding carboxylic acids is 2.